The molecule has 24 heavy (non-hydrogen) atoms. The predicted octanol–water partition coefficient (Wildman–Crippen LogP) is 2.76. The van der Waals surface area contributed by atoms with Gasteiger partial charge in [-0.2, -0.15) is 0 Å². The summed E-state index contributed by atoms with van der Waals surface area (Å²) in [6.07, 6.45) is 1.83. The van der Waals surface area contributed by atoms with Gasteiger partial charge in [-0.1, -0.05) is 20.3 Å². The number of amides is 1. The van der Waals surface area contributed by atoms with E-state index in [1.165, 1.54) is 14.2 Å². The Morgan fingerprint density at radius 1 is 1.12 bits per heavy atom. The van der Waals surface area contributed by atoms with Crippen molar-refractivity contribution in [3.63, 3.8) is 0 Å². The Morgan fingerprint density at radius 2 is 1.79 bits per heavy atom. The molecule has 0 aromatic heterocycles. The van der Waals surface area contributed by atoms with Gasteiger partial charge in [0, 0.05) is 18.7 Å². The minimum Gasteiger partial charge on any atom is -0.493 e. The molecule has 0 bridgehead atoms. The molecule has 1 unspecified atom stereocenters. The standard InChI is InChI=1S/C18H27NO5/c1-6-7-10-19(12-13(2)18(21)24-5)17(20)14-8-9-15(22-3)16(11-14)23-4/h8-9,11,13H,6-7,10,12H2,1-5H3. The molecule has 0 radical (unpaired) electrons. The minimum atomic E-state index is -0.379. The van der Waals surface area contributed by atoms with Gasteiger partial charge in [-0.25, -0.2) is 0 Å². The van der Waals surface area contributed by atoms with Crippen molar-refractivity contribution in [2.75, 3.05) is 34.4 Å². The van der Waals surface area contributed by atoms with Gasteiger partial charge in [0.1, 0.15) is 0 Å². The van der Waals surface area contributed by atoms with Crippen LogP contribution in [0.1, 0.15) is 37.0 Å². The first-order chi connectivity index (χ1) is 11.5. The fourth-order valence-corrected chi connectivity index (χ4v) is 2.38. The number of hydrogen-bond acceptors (Lipinski definition) is 5. The van der Waals surface area contributed by atoms with Gasteiger partial charge in [-0.15, -0.1) is 0 Å². The quantitative estimate of drug-likeness (QED) is 0.648. The molecule has 6 heteroatoms. The maximum absolute atomic E-state index is 12.8. The summed E-state index contributed by atoms with van der Waals surface area (Å²) in [5.74, 6) is 0.226. The highest BCUT2D eigenvalue weighted by atomic mass is 16.5. The third kappa shape index (κ3) is 5.15. The van der Waals surface area contributed by atoms with Crippen LogP contribution in [0.4, 0.5) is 0 Å². The number of esters is 1. The number of carbonyl (C=O) groups excluding carboxylic acids is 2. The number of methoxy groups -OCH3 is 3. The molecule has 0 spiro atoms. The van der Waals surface area contributed by atoms with Crippen LogP contribution in [0.15, 0.2) is 18.2 Å². The second-order valence-electron chi connectivity index (χ2n) is 5.60. The van der Waals surface area contributed by atoms with E-state index in [-0.39, 0.29) is 17.8 Å². The molecule has 0 heterocycles. The van der Waals surface area contributed by atoms with E-state index in [1.807, 2.05) is 0 Å². The number of benzene rings is 1. The molecule has 0 aliphatic rings. The number of rotatable bonds is 9. The SMILES string of the molecule is CCCCN(CC(C)C(=O)OC)C(=O)c1ccc(OC)c(OC)c1. The van der Waals surface area contributed by atoms with Gasteiger partial charge in [0.05, 0.1) is 27.2 Å². The van der Waals surface area contributed by atoms with Gasteiger partial charge in [0.15, 0.2) is 11.5 Å². The van der Waals surface area contributed by atoms with Crippen molar-refractivity contribution in [3.05, 3.63) is 23.8 Å². The van der Waals surface area contributed by atoms with Gasteiger partial charge in [-0.3, -0.25) is 9.59 Å². The lowest BCUT2D eigenvalue weighted by molar-refractivity contribution is -0.145. The van der Waals surface area contributed by atoms with Crippen LogP contribution < -0.4 is 9.47 Å². The number of ether oxygens (including phenoxy) is 3. The molecule has 1 rings (SSSR count). The second kappa shape index (κ2) is 9.80. The van der Waals surface area contributed by atoms with E-state index in [0.717, 1.165) is 12.8 Å². The highest BCUT2D eigenvalue weighted by Crippen LogP contribution is 2.28. The van der Waals surface area contributed by atoms with E-state index >= 15 is 0 Å². The van der Waals surface area contributed by atoms with Crippen LogP contribution in [0.25, 0.3) is 0 Å². The fourth-order valence-electron chi connectivity index (χ4n) is 2.38. The summed E-state index contributed by atoms with van der Waals surface area (Å²) in [6, 6.07) is 5.06. The van der Waals surface area contributed by atoms with Gasteiger partial charge < -0.3 is 19.1 Å². The first-order valence-electron chi connectivity index (χ1n) is 8.07. The molecular formula is C18H27NO5. The smallest absolute Gasteiger partial charge is 0.310 e. The van der Waals surface area contributed by atoms with Crippen molar-refractivity contribution in [3.8, 4) is 11.5 Å². The van der Waals surface area contributed by atoms with Crippen molar-refractivity contribution in [1.82, 2.24) is 4.90 Å². The molecule has 0 saturated heterocycles. The predicted molar refractivity (Wildman–Crippen MR) is 91.5 cm³/mol. The first kappa shape index (κ1) is 19.8. The maximum Gasteiger partial charge on any atom is 0.310 e. The van der Waals surface area contributed by atoms with E-state index in [0.29, 0.717) is 30.2 Å². The second-order valence-corrected chi connectivity index (χ2v) is 5.60. The highest BCUT2D eigenvalue weighted by molar-refractivity contribution is 5.95. The molecule has 6 nitrogen and oxygen atoms in total. The zero-order valence-electron chi connectivity index (χ0n) is 15.1. The molecule has 1 amide bonds. The first-order valence-corrected chi connectivity index (χ1v) is 8.07. The number of nitrogens with zero attached hydrogens (tertiary/aromatic N) is 1. The molecule has 1 aromatic rings. The lowest BCUT2D eigenvalue weighted by Crippen LogP contribution is -2.38. The molecule has 1 atom stereocenters. The van der Waals surface area contributed by atoms with Crippen molar-refractivity contribution in [2.24, 2.45) is 5.92 Å². The zero-order chi connectivity index (χ0) is 18.1. The topological polar surface area (TPSA) is 65.1 Å². The summed E-state index contributed by atoms with van der Waals surface area (Å²) in [6.45, 7) is 4.72. The Bertz CT molecular complexity index is 558. The number of carbonyl (C=O) groups is 2. The monoisotopic (exact) mass is 337 g/mol. The Morgan fingerprint density at radius 3 is 2.33 bits per heavy atom. The largest absolute Gasteiger partial charge is 0.493 e. The Kier molecular flexibility index (Phi) is 8.09. The molecule has 1 aromatic carbocycles. The summed E-state index contributed by atoms with van der Waals surface area (Å²) in [7, 11) is 4.43. The van der Waals surface area contributed by atoms with Crippen molar-refractivity contribution >= 4 is 11.9 Å². The van der Waals surface area contributed by atoms with Crippen LogP contribution in [0.5, 0.6) is 11.5 Å². The van der Waals surface area contributed by atoms with Crippen molar-refractivity contribution in [2.45, 2.75) is 26.7 Å². The van der Waals surface area contributed by atoms with E-state index in [9.17, 15) is 9.59 Å². The summed E-state index contributed by atoms with van der Waals surface area (Å²) in [4.78, 5) is 26.2. The Labute approximate surface area is 143 Å². The summed E-state index contributed by atoms with van der Waals surface area (Å²) >= 11 is 0. The zero-order valence-corrected chi connectivity index (χ0v) is 15.1. The number of unbranched alkanes of at least 4 members (excludes halogenated alkanes) is 1. The Balaban J connectivity index is 3.00. The summed E-state index contributed by atoms with van der Waals surface area (Å²) in [5.41, 5.74) is 0.501. The minimum absolute atomic E-state index is 0.139. The average Bonchev–Trinajstić information content (AvgIpc) is 2.62. The Hall–Kier alpha value is -2.24. The number of hydrogen-bond donors (Lipinski definition) is 0. The fraction of sp³-hybridized carbons (Fsp3) is 0.556. The molecule has 0 fully saturated rings. The maximum atomic E-state index is 12.8. The van der Waals surface area contributed by atoms with Gasteiger partial charge in [0.25, 0.3) is 5.91 Å². The molecule has 134 valence electrons. The van der Waals surface area contributed by atoms with Crippen molar-refractivity contribution < 1.29 is 23.8 Å². The summed E-state index contributed by atoms with van der Waals surface area (Å²) in [5, 5.41) is 0. The third-order valence-electron chi connectivity index (χ3n) is 3.80. The molecule has 0 aliphatic carbocycles. The van der Waals surface area contributed by atoms with E-state index in [2.05, 4.69) is 6.92 Å². The van der Waals surface area contributed by atoms with Crippen molar-refractivity contribution in [1.29, 1.82) is 0 Å². The molecule has 0 saturated carbocycles. The average molecular weight is 337 g/mol. The summed E-state index contributed by atoms with van der Waals surface area (Å²) < 4.78 is 15.2. The van der Waals surface area contributed by atoms with Crippen LogP contribution in [0.2, 0.25) is 0 Å². The van der Waals surface area contributed by atoms with Gasteiger partial charge >= 0.3 is 5.97 Å². The lowest BCUT2D eigenvalue weighted by atomic mass is 10.1. The van der Waals surface area contributed by atoms with Crippen LogP contribution in [-0.2, 0) is 9.53 Å². The normalized spacial score (nSPS) is 11.5. The lowest BCUT2D eigenvalue weighted by Gasteiger charge is -2.25. The van der Waals surface area contributed by atoms with Gasteiger partial charge in [-0.05, 0) is 24.6 Å². The van der Waals surface area contributed by atoms with Crippen LogP contribution in [0.3, 0.4) is 0 Å². The molecular weight excluding hydrogens is 310 g/mol. The van der Waals surface area contributed by atoms with E-state index in [4.69, 9.17) is 14.2 Å². The highest BCUT2D eigenvalue weighted by Gasteiger charge is 2.23. The van der Waals surface area contributed by atoms with E-state index < -0.39 is 0 Å². The van der Waals surface area contributed by atoms with Crippen LogP contribution >= 0.6 is 0 Å². The molecule has 0 N–H and O–H groups in total. The van der Waals surface area contributed by atoms with E-state index in [1.54, 1.807) is 37.1 Å². The van der Waals surface area contributed by atoms with Gasteiger partial charge in [0.2, 0.25) is 0 Å². The third-order valence-corrected chi connectivity index (χ3v) is 3.80. The van der Waals surface area contributed by atoms with Crippen LogP contribution in [0, 0.1) is 5.92 Å². The van der Waals surface area contributed by atoms with Crippen LogP contribution in [-0.4, -0.2) is 51.2 Å². The molecule has 0 aliphatic heterocycles.